The molecule has 23 heavy (non-hydrogen) atoms. The Balaban J connectivity index is 1.57. The Hall–Kier alpha value is -1.92. The van der Waals surface area contributed by atoms with Gasteiger partial charge in [-0.25, -0.2) is 0 Å². The van der Waals surface area contributed by atoms with Crippen LogP contribution in [0.15, 0.2) is 24.3 Å². The fourth-order valence-corrected chi connectivity index (χ4v) is 2.64. The van der Waals surface area contributed by atoms with E-state index in [1.807, 2.05) is 18.2 Å². The highest BCUT2D eigenvalue weighted by Gasteiger charge is 2.35. The average molecular weight is 317 g/mol. The van der Waals surface area contributed by atoms with E-state index in [1.54, 1.807) is 6.07 Å². The van der Waals surface area contributed by atoms with Crippen LogP contribution < -0.4 is 16.4 Å². The van der Waals surface area contributed by atoms with Crippen LogP contribution in [-0.4, -0.2) is 36.6 Å². The fraction of sp³-hybridized carbons (Fsp3) is 0.529. The SMILES string of the molecule is NC1(C(=O)NCc2cccc(C(=O)NC3CC3)c2)CCOCC1. The number of hydrogen-bond acceptors (Lipinski definition) is 4. The zero-order valence-corrected chi connectivity index (χ0v) is 13.1. The monoisotopic (exact) mass is 317 g/mol. The Morgan fingerprint density at radius 2 is 2.00 bits per heavy atom. The first-order chi connectivity index (χ1) is 11.1. The summed E-state index contributed by atoms with van der Waals surface area (Å²) in [5.74, 6) is -0.214. The fourth-order valence-electron chi connectivity index (χ4n) is 2.64. The number of carbonyl (C=O) groups is 2. The zero-order valence-electron chi connectivity index (χ0n) is 13.1. The Kier molecular flexibility index (Phi) is 4.63. The molecule has 6 nitrogen and oxygen atoms in total. The van der Waals surface area contributed by atoms with Crippen LogP contribution in [0.2, 0.25) is 0 Å². The Morgan fingerprint density at radius 1 is 1.26 bits per heavy atom. The molecule has 0 bridgehead atoms. The second-order valence-electron chi connectivity index (χ2n) is 6.40. The van der Waals surface area contributed by atoms with Crippen LogP contribution >= 0.6 is 0 Å². The summed E-state index contributed by atoms with van der Waals surface area (Å²) >= 11 is 0. The number of hydrogen-bond donors (Lipinski definition) is 3. The van der Waals surface area contributed by atoms with Crippen molar-refractivity contribution in [2.75, 3.05) is 13.2 Å². The highest BCUT2D eigenvalue weighted by molar-refractivity contribution is 5.94. The summed E-state index contributed by atoms with van der Waals surface area (Å²) in [6.07, 6.45) is 3.18. The smallest absolute Gasteiger partial charge is 0.251 e. The number of nitrogens with two attached hydrogens (primary N) is 1. The lowest BCUT2D eigenvalue weighted by atomic mass is 9.90. The third-order valence-electron chi connectivity index (χ3n) is 4.39. The van der Waals surface area contributed by atoms with Crippen molar-refractivity contribution in [2.24, 2.45) is 5.73 Å². The third-order valence-corrected chi connectivity index (χ3v) is 4.39. The number of nitrogens with one attached hydrogen (secondary N) is 2. The van der Waals surface area contributed by atoms with E-state index in [1.165, 1.54) is 0 Å². The molecular weight excluding hydrogens is 294 g/mol. The average Bonchev–Trinajstić information content (AvgIpc) is 3.37. The van der Waals surface area contributed by atoms with Gasteiger partial charge in [-0.1, -0.05) is 12.1 Å². The van der Waals surface area contributed by atoms with Crippen molar-refractivity contribution in [2.45, 2.75) is 43.8 Å². The molecule has 1 saturated heterocycles. The summed E-state index contributed by atoms with van der Waals surface area (Å²) in [6, 6.07) is 7.64. The van der Waals surface area contributed by atoms with Crippen LogP contribution in [0.1, 0.15) is 41.6 Å². The second-order valence-corrected chi connectivity index (χ2v) is 6.40. The first-order valence-electron chi connectivity index (χ1n) is 8.12. The minimum absolute atomic E-state index is 0.0552. The van der Waals surface area contributed by atoms with Crippen LogP contribution in [0.25, 0.3) is 0 Å². The molecule has 1 aliphatic carbocycles. The first kappa shape index (κ1) is 16.0. The molecule has 0 radical (unpaired) electrons. The number of carbonyl (C=O) groups excluding carboxylic acids is 2. The van der Waals surface area contributed by atoms with E-state index in [0.29, 0.717) is 44.2 Å². The predicted molar refractivity (Wildman–Crippen MR) is 85.7 cm³/mol. The molecule has 4 N–H and O–H groups in total. The summed E-state index contributed by atoms with van der Waals surface area (Å²) in [4.78, 5) is 24.3. The molecule has 0 aromatic heterocycles. The van der Waals surface area contributed by atoms with Gasteiger partial charge in [-0.3, -0.25) is 9.59 Å². The molecule has 1 saturated carbocycles. The van der Waals surface area contributed by atoms with Crippen LogP contribution in [0.4, 0.5) is 0 Å². The quantitative estimate of drug-likeness (QED) is 0.745. The summed E-state index contributed by atoms with van der Waals surface area (Å²) in [5.41, 5.74) is 6.81. The van der Waals surface area contributed by atoms with Gasteiger partial charge in [0.2, 0.25) is 5.91 Å². The number of benzene rings is 1. The molecule has 1 heterocycles. The Bertz CT molecular complexity index is 593. The Morgan fingerprint density at radius 3 is 2.70 bits per heavy atom. The van der Waals surface area contributed by atoms with Crippen molar-refractivity contribution in [1.82, 2.24) is 10.6 Å². The van der Waals surface area contributed by atoms with Gasteiger partial charge in [0.15, 0.2) is 0 Å². The van der Waals surface area contributed by atoms with Crippen molar-refractivity contribution in [3.05, 3.63) is 35.4 Å². The van der Waals surface area contributed by atoms with Crippen LogP contribution in [0.3, 0.4) is 0 Å². The molecule has 1 aliphatic heterocycles. The van der Waals surface area contributed by atoms with Crippen molar-refractivity contribution < 1.29 is 14.3 Å². The maximum absolute atomic E-state index is 12.3. The molecule has 1 aromatic carbocycles. The molecule has 2 aliphatic rings. The van der Waals surface area contributed by atoms with E-state index in [4.69, 9.17) is 10.5 Å². The van der Waals surface area contributed by atoms with E-state index >= 15 is 0 Å². The summed E-state index contributed by atoms with van der Waals surface area (Å²) in [5, 5.41) is 5.84. The highest BCUT2D eigenvalue weighted by atomic mass is 16.5. The maximum Gasteiger partial charge on any atom is 0.251 e. The third kappa shape index (κ3) is 4.09. The molecule has 0 unspecified atom stereocenters. The van der Waals surface area contributed by atoms with E-state index in [9.17, 15) is 9.59 Å². The molecule has 0 spiro atoms. The standard InChI is InChI=1S/C17H23N3O3/c18-17(6-8-23-9-7-17)16(22)19-11-12-2-1-3-13(10-12)15(21)20-14-4-5-14/h1-3,10,14H,4-9,11,18H2,(H,19,22)(H,20,21). The van der Waals surface area contributed by atoms with E-state index < -0.39 is 5.54 Å². The lowest BCUT2D eigenvalue weighted by Crippen LogP contribution is -2.56. The van der Waals surface area contributed by atoms with Gasteiger partial charge < -0.3 is 21.1 Å². The molecule has 2 fully saturated rings. The van der Waals surface area contributed by atoms with Gasteiger partial charge in [-0.2, -0.15) is 0 Å². The van der Waals surface area contributed by atoms with Crippen LogP contribution in [0.5, 0.6) is 0 Å². The number of ether oxygens (including phenoxy) is 1. The van der Waals surface area contributed by atoms with Gasteiger partial charge in [-0.15, -0.1) is 0 Å². The number of amides is 2. The lowest BCUT2D eigenvalue weighted by molar-refractivity contribution is -0.129. The second kappa shape index (κ2) is 6.68. The van der Waals surface area contributed by atoms with Crippen LogP contribution in [-0.2, 0) is 16.1 Å². The van der Waals surface area contributed by atoms with Gasteiger partial charge in [-0.05, 0) is 43.4 Å². The first-order valence-corrected chi connectivity index (χ1v) is 8.12. The van der Waals surface area contributed by atoms with Crippen LogP contribution in [0, 0.1) is 0 Å². The van der Waals surface area contributed by atoms with Gasteiger partial charge in [0, 0.05) is 31.4 Å². The Labute approximate surface area is 135 Å². The summed E-state index contributed by atoms with van der Waals surface area (Å²) < 4.78 is 5.25. The minimum Gasteiger partial charge on any atom is -0.381 e. The van der Waals surface area contributed by atoms with Crippen molar-refractivity contribution in [1.29, 1.82) is 0 Å². The van der Waals surface area contributed by atoms with Gasteiger partial charge in [0.05, 0.1) is 5.54 Å². The highest BCUT2D eigenvalue weighted by Crippen LogP contribution is 2.20. The summed E-state index contributed by atoms with van der Waals surface area (Å²) in [7, 11) is 0. The molecule has 124 valence electrons. The molecule has 0 atom stereocenters. The zero-order chi connectivity index (χ0) is 16.3. The normalized spacial score (nSPS) is 19.9. The lowest BCUT2D eigenvalue weighted by Gasteiger charge is -2.31. The van der Waals surface area contributed by atoms with Crippen molar-refractivity contribution in [3.63, 3.8) is 0 Å². The topological polar surface area (TPSA) is 93.5 Å². The predicted octanol–water partition coefficient (Wildman–Crippen LogP) is 0.703. The van der Waals surface area contributed by atoms with Crippen molar-refractivity contribution >= 4 is 11.8 Å². The van der Waals surface area contributed by atoms with Gasteiger partial charge in [0.25, 0.3) is 5.91 Å². The van der Waals surface area contributed by atoms with Gasteiger partial charge >= 0.3 is 0 Å². The summed E-state index contributed by atoms with van der Waals surface area (Å²) in [6.45, 7) is 1.39. The number of rotatable bonds is 5. The molecule has 3 rings (SSSR count). The van der Waals surface area contributed by atoms with E-state index in [2.05, 4.69) is 10.6 Å². The van der Waals surface area contributed by atoms with Crippen molar-refractivity contribution in [3.8, 4) is 0 Å². The molecular formula is C17H23N3O3. The molecule has 6 heteroatoms. The molecule has 2 amide bonds. The minimum atomic E-state index is -0.848. The molecule has 1 aromatic rings. The maximum atomic E-state index is 12.3. The van der Waals surface area contributed by atoms with E-state index in [-0.39, 0.29) is 11.8 Å². The van der Waals surface area contributed by atoms with Gasteiger partial charge in [0.1, 0.15) is 0 Å². The largest absolute Gasteiger partial charge is 0.381 e. The van der Waals surface area contributed by atoms with E-state index in [0.717, 1.165) is 18.4 Å².